The maximum Gasteiger partial charge on any atom is 0.327 e. The lowest BCUT2D eigenvalue weighted by molar-refractivity contribution is -0.141. The van der Waals surface area contributed by atoms with Crippen LogP contribution in [-0.4, -0.2) is 38.7 Å². The number of amides is 1. The van der Waals surface area contributed by atoms with Crippen LogP contribution in [0.25, 0.3) is 0 Å². The number of nitrogens with one attached hydrogen (secondary N) is 2. The number of H-pyrrole nitrogens is 1. The predicted molar refractivity (Wildman–Crippen MR) is 67.1 cm³/mol. The number of methoxy groups -OCH3 is 1. The molecule has 20 heavy (non-hydrogen) atoms. The lowest BCUT2D eigenvalue weighted by Gasteiger charge is -2.01. The molecule has 9 nitrogen and oxygen atoms in total. The molecule has 2 N–H and O–H groups in total. The first-order valence-corrected chi connectivity index (χ1v) is 5.54. The number of hydrogen-bond acceptors (Lipinski definition) is 6. The van der Waals surface area contributed by atoms with E-state index in [0.717, 1.165) is 6.20 Å². The first-order chi connectivity index (χ1) is 9.58. The molecule has 0 saturated carbocycles. The fraction of sp³-hybridized carbons (Fsp3) is 0.182. The Kier molecular flexibility index (Phi) is 3.89. The van der Waals surface area contributed by atoms with Gasteiger partial charge in [-0.05, 0) is 0 Å². The molecule has 2 aromatic heterocycles. The van der Waals surface area contributed by atoms with Crippen molar-refractivity contribution in [2.45, 2.75) is 6.54 Å². The van der Waals surface area contributed by atoms with Gasteiger partial charge in [-0.15, -0.1) is 0 Å². The molecule has 0 bridgehead atoms. The van der Waals surface area contributed by atoms with Gasteiger partial charge in [0.15, 0.2) is 0 Å². The van der Waals surface area contributed by atoms with E-state index in [2.05, 4.69) is 25.1 Å². The Labute approximate surface area is 112 Å². The van der Waals surface area contributed by atoms with E-state index in [1.165, 1.54) is 30.4 Å². The minimum absolute atomic E-state index is 0.0523. The molecule has 0 aliphatic heterocycles. The van der Waals surface area contributed by atoms with E-state index in [-0.39, 0.29) is 12.2 Å². The highest BCUT2D eigenvalue weighted by Gasteiger charge is 2.10. The van der Waals surface area contributed by atoms with Gasteiger partial charge in [0.25, 0.3) is 11.5 Å². The molecule has 9 heteroatoms. The first-order valence-electron chi connectivity index (χ1n) is 5.54. The summed E-state index contributed by atoms with van der Waals surface area (Å²) in [5, 5.41) is 6.42. The summed E-state index contributed by atoms with van der Waals surface area (Å²) in [4.78, 5) is 39.7. The third-order valence-electron chi connectivity index (χ3n) is 2.31. The van der Waals surface area contributed by atoms with E-state index in [1.54, 1.807) is 0 Å². The van der Waals surface area contributed by atoms with Crippen molar-refractivity contribution in [3.8, 4) is 0 Å². The van der Waals surface area contributed by atoms with E-state index >= 15 is 0 Å². The maximum absolute atomic E-state index is 11.8. The minimum Gasteiger partial charge on any atom is -0.468 e. The summed E-state index contributed by atoms with van der Waals surface area (Å²) in [6, 6.07) is 0. The summed E-state index contributed by atoms with van der Waals surface area (Å²) in [6.07, 6.45) is 5.07. The summed E-state index contributed by atoms with van der Waals surface area (Å²) in [5.41, 5.74) is 0.0599. The highest BCUT2D eigenvalue weighted by Crippen LogP contribution is 2.06. The predicted octanol–water partition coefficient (Wildman–Crippen LogP) is -0.608. The standard InChI is InChI=1S/C11H11N5O4/c1-20-10(18)6-16-5-7(2-14-16)15-11(19)8-3-13-9(17)4-12-8/h2-5H,6H2,1H3,(H,13,17)(H,15,19). The van der Waals surface area contributed by atoms with Crippen molar-refractivity contribution in [3.05, 3.63) is 40.8 Å². The number of anilines is 1. The van der Waals surface area contributed by atoms with Gasteiger partial charge >= 0.3 is 5.97 Å². The van der Waals surface area contributed by atoms with Gasteiger partial charge in [0.1, 0.15) is 12.2 Å². The molecule has 0 saturated heterocycles. The number of hydrogen-bond donors (Lipinski definition) is 2. The van der Waals surface area contributed by atoms with Crippen molar-refractivity contribution in [2.75, 3.05) is 12.4 Å². The zero-order valence-electron chi connectivity index (χ0n) is 10.5. The smallest absolute Gasteiger partial charge is 0.327 e. The van der Waals surface area contributed by atoms with Crippen molar-refractivity contribution in [1.82, 2.24) is 19.7 Å². The Hall–Kier alpha value is -2.97. The molecule has 0 radical (unpaired) electrons. The molecule has 0 fully saturated rings. The Balaban J connectivity index is 2.03. The summed E-state index contributed by atoms with van der Waals surface area (Å²) >= 11 is 0. The van der Waals surface area contributed by atoms with Crippen molar-refractivity contribution in [1.29, 1.82) is 0 Å². The number of esters is 1. The number of nitrogens with zero attached hydrogens (tertiary/aromatic N) is 3. The van der Waals surface area contributed by atoms with Crippen LogP contribution in [0.5, 0.6) is 0 Å². The van der Waals surface area contributed by atoms with Crippen LogP contribution < -0.4 is 10.9 Å². The molecule has 0 spiro atoms. The first kappa shape index (κ1) is 13.5. The van der Waals surface area contributed by atoms with Crippen LogP contribution in [-0.2, 0) is 16.1 Å². The summed E-state index contributed by atoms with van der Waals surface area (Å²) in [5.74, 6) is -0.952. The lowest BCUT2D eigenvalue weighted by Crippen LogP contribution is -2.16. The van der Waals surface area contributed by atoms with Gasteiger partial charge in [-0.1, -0.05) is 0 Å². The maximum atomic E-state index is 11.8. The number of ether oxygens (including phenoxy) is 1. The third-order valence-corrected chi connectivity index (χ3v) is 2.31. The highest BCUT2D eigenvalue weighted by atomic mass is 16.5. The fourth-order valence-electron chi connectivity index (χ4n) is 1.37. The second-order valence-electron chi connectivity index (χ2n) is 3.75. The van der Waals surface area contributed by atoms with Gasteiger partial charge in [0, 0.05) is 12.4 Å². The van der Waals surface area contributed by atoms with Crippen LogP contribution in [0.3, 0.4) is 0 Å². The molecular formula is C11H11N5O4. The molecule has 2 heterocycles. The zero-order chi connectivity index (χ0) is 14.5. The van der Waals surface area contributed by atoms with E-state index in [1.807, 2.05) is 0 Å². The topological polar surface area (TPSA) is 119 Å². The summed E-state index contributed by atoms with van der Waals surface area (Å²) in [6.45, 7) is -0.0523. The summed E-state index contributed by atoms with van der Waals surface area (Å²) < 4.78 is 5.82. The largest absolute Gasteiger partial charge is 0.468 e. The van der Waals surface area contributed by atoms with Gasteiger partial charge in [0.05, 0.1) is 25.2 Å². The Morgan fingerprint density at radius 1 is 1.45 bits per heavy atom. The lowest BCUT2D eigenvalue weighted by atomic mass is 10.4. The molecule has 2 aromatic rings. The van der Waals surface area contributed by atoms with Crippen LogP contribution in [0.15, 0.2) is 29.6 Å². The normalized spacial score (nSPS) is 10.1. The van der Waals surface area contributed by atoms with Crippen LogP contribution in [0.1, 0.15) is 10.5 Å². The third kappa shape index (κ3) is 3.28. The molecule has 0 aliphatic carbocycles. The van der Waals surface area contributed by atoms with Crippen molar-refractivity contribution >= 4 is 17.6 Å². The van der Waals surface area contributed by atoms with Gasteiger partial charge < -0.3 is 15.0 Å². The van der Waals surface area contributed by atoms with E-state index in [4.69, 9.17) is 0 Å². The van der Waals surface area contributed by atoms with Crippen LogP contribution >= 0.6 is 0 Å². The second-order valence-corrected chi connectivity index (χ2v) is 3.75. The molecular weight excluding hydrogens is 266 g/mol. The average Bonchev–Trinajstić information content (AvgIpc) is 2.86. The zero-order valence-corrected chi connectivity index (χ0v) is 10.5. The number of aromatic amines is 1. The van der Waals surface area contributed by atoms with Gasteiger partial charge in [-0.2, -0.15) is 5.10 Å². The Bertz CT molecular complexity index is 670. The minimum atomic E-state index is -0.501. The average molecular weight is 277 g/mol. The molecule has 2 rings (SSSR count). The molecule has 1 amide bonds. The van der Waals surface area contributed by atoms with Gasteiger partial charge in [0.2, 0.25) is 0 Å². The number of aromatic nitrogens is 4. The second kappa shape index (κ2) is 5.78. The highest BCUT2D eigenvalue weighted by molar-refractivity contribution is 6.02. The quantitative estimate of drug-likeness (QED) is 0.720. The van der Waals surface area contributed by atoms with Crippen molar-refractivity contribution < 1.29 is 14.3 Å². The van der Waals surface area contributed by atoms with E-state index in [9.17, 15) is 14.4 Å². The van der Waals surface area contributed by atoms with Crippen molar-refractivity contribution in [2.24, 2.45) is 0 Å². The molecule has 0 aromatic carbocycles. The summed E-state index contributed by atoms with van der Waals surface area (Å²) in [7, 11) is 1.27. The van der Waals surface area contributed by atoms with Crippen LogP contribution in [0.2, 0.25) is 0 Å². The van der Waals surface area contributed by atoms with E-state index < -0.39 is 17.4 Å². The number of carbonyl (C=O) groups excluding carboxylic acids is 2. The Morgan fingerprint density at radius 3 is 2.90 bits per heavy atom. The van der Waals surface area contributed by atoms with Gasteiger partial charge in [-0.3, -0.25) is 19.1 Å². The van der Waals surface area contributed by atoms with Crippen LogP contribution in [0.4, 0.5) is 5.69 Å². The molecule has 0 atom stereocenters. The number of rotatable bonds is 4. The van der Waals surface area contributed by atoms with Crippen LogP contribution in [0, 0.1) is 0 Å². The number of carbonyl (C=O) groups is 2. The SMILES string of the molecule is COC(=O)Cn1cc(NC(=O)c2c[nH]c(=O)cn2)cn1. The molecule has 0 aliphatic rings. The van der Waals surface area contributed by atoms with Crippen molar-refractivity contribution in [3.63, 3.8) is 0 Å². The van der Waals surface area contributed by atoms with Gasteiger partial charge in [-0.25, -0.2) is 4.98 Å². The van der Waals surface area contributed by atoms with E-state index in [0.29, 0.717) is 5.69 Å². The monoisotopic (exact) mass is 277 g/mol. The molecule has 0 unspecified atom stereocenters. The Morgan fingerprint density at radius 2 is 2.25 bits per heavy atom. The molecule has 104 valence electrons. The fourth-order valence-corrected chi connectivity index (χ4v) is 1.37.